The molecule has 0 atom stereocenters. The summed E-state index contributed by atoms with van der Waals surface area (Å²) in [6, 6.07) is 6.09. The third-order valence-electron chi connectivity index (χ3n) is 3.61. The van der Waals surface area contributed by atoms with Crippen LogP contribution in [0.3, 0.4) is 0 Å². The lowest BCUT2D eigenvalue weighted by molar-refractivity contribution is 0.131. The Morgan fingerprint density at radius 1 is 1.48 bits per heavy atom. The van der Waals surface area contributed by atoms with Crippen LogP contribution in [0.1, 0.15) is 25.3 Å². The van der Waals surface area contributed by atoms with Crippen molar-refractivity contribution in [1.82, 2.24) is 0 Å². The molecule has 4 nitrogen and oxygen atoms in total. The maximum Gasteiger partial charge on any atom is 0.126 e. The predicted octanol–water partition coefficient (Wildman–Crippen LogP) is 2.95. The second-order valence-electron chi connectivity index (χ2n) is 5.44. The Hall–Kier alpha value is -1.20. The van der Waals surface area contributed by atoms with E-state index in [0.717, 1.165) is 47.6 Å². The molecule has 0 bridgehead atoms. The molecule has 0 radical (unpaired) electrons. The SMILES string of the molecule is CCSc1cccc(N(C)CCOCC2CC2)c1C(=N)N. The van der Waals surface area contributed by atoms with Crippen molar-refractivity contribution in [3.8, 4) is 0 Å². The molecule has 1 aromatic rings. The maximum absolute atomic E-state index is 7.87. The lowest BCUT2D eigenvalue weighted by Crippen LogP contribution is -2.26. The van der Waals surface area contributed by atoms with Crippen LogP contribution in [0.4, 0.5) is 5.69 Å². The third-order valence-corrected chi connectivity index (χ3v) is 4.55. The van der Waals surface area contributed by atoms with Crippen molar-refractivity contribution in [3.63, 3.8) is 0 Å². The van der Waals surface area contributed by atoms with Gasteiger partial charge in [-0.05, 0) is 36.6 Å². The lowest BCUT2D eigenvalue weighted by atomic mass is 10.1. The zero-order valence-electron chi connectivity index (χ0n) is 12.9. The van der Waals surface area contributed by atoms with Crippen molar-refractivity contribution >= 4 is 23.3 Å². The van der Waals surface area contributed by atoms with Gasteiger partial charge in [-0.15, -0.1) is 11.8 Å². The summed E-state index contributed by atoms with van der Waals surface area (Å²) in [5, 5.41) is 7.87. The molecule has 0 aliphatic heterocycles. The van der Waals surface area contributed by atoms with Crippen LogP contribution in [0.25, 0.3) is 0 Å². The fraction of sp³-hybridized carbons (Fsp3) is 0.562. The molecule has 1 aromatic carbocycles. The number of nitrogens with two attached hydrogens (primary N) is 1. The number of nitrogen functional groups attached to an aromatic ring is 1. The van der Waals surface area contributed by atoms with Crippen molar-refractivity contribution in [3.05, 3.63) is 23.8 Å². The third kappa shape index (κ3) is 4.64. The standard InChI is InChI=1S/C16H25N3OS/c1-3-21-14-6-4-5-13(15(14)16(17)18)19(2)9-10-20-11-12-7-8-12/h4-6,12H,3,7-11H2,1-2H3,(H3,17,18). The average molecular weight is 307 g/mol. The molecule has 21 heavy (non-hydrogen) atoms. The van der Waals surface area contributed by atoms with Gasteiger partial charge in [-0.3, -0.25) is 5.41 Å². The van der Waals surface area contributed by atoms with E-state index in [1.807, 2.05) is 25.2 Å². The van der Waals surface area contributed by atoms with Gasteiger partial charge in [-0.25, -0.2) is 0 Å². The number of likely N-dealkylation sites (N-methyl/N-ethyl adjacent to an activating group) is 1. The van der Waals surface area contributed by atoms with Crippen LogP contribution >= 0.6 is 11.8 Å². The van der Waals surface area contributed by atoms with Gasteiger partial charge in [-0.2, -0.15) is 0 Å². The number of nitrogens with zero attached hydrogens (tertiary/aromatic N) is 1. The van der Waals surface area contributed by atoms with Crippen molar-refractivity contribution in [2.45, 2.75) is 24.7 Å². The van der Waals surface area contributed by atoms with Gasteiger partial charge in [0.1, 0.15) is 5.84 Å². The molecule has 1 aliphatic rings. The summed E-state index contributed by atoms with van der Waals surface area (Å²) in [6.45, 7) is 4.53. The quantitative estimate of drug-likeness (QED) is 0.319. The van der Waals surface area contributed by atoms with Crippen molar-refractivity contribution in [1.29, 1.82) is 5.41 Å². The molecule has 116 valence electrons. The summed E-state index contributed by atoms with van der Waals surface area (Å²) in [5.74, 6) is 1.90. The molecular formula is C16H25N3OS. The lowest BCUT2D eigenvalue weighted by Gasteiger charge is -2.23. The number of anilines is 1. The highest BCUT2D eigenvalue weighted by molar-refractivity contribution is 7.99. The molecule has 5 heteroatoms. The topological polar surface area (TPSA) is 62.3 Å². The van der Waals surface area contributed by atoms with Crippen LogP contribution in [0.5, 0.6) is 0 Å². The number of hydrogen-bond donors (Lipinski definition) is 2. The van der Waals surface area contributed by atoms with Gasteiger partial charge >= 0.3 is 0 Å². The summed E-state index contributed by atoms with van der Waals surface area (Å²) in [6.07, 6.45) is 2.64. The fourth-order valence-corrected chi connectivity index (χ4v) is 3.09. The first-order valence-corrected chi connectivity index (χ1v) is 8.51. The number of thioether (sulfide) groups is 1. The second-order valence-corrected chi connectivity index (χ2v) is 6.74. The van der Waals surface area contributed by atoms with Crippen LogP contribution in [0.2, 0.25) is 0 Å². The summed E-state index contributed by atoms with van der Waals surface area (Å²) in [7, 11) is 2.03. The Morgan fingerprint density at radius 2 is 2.24 bits per heavy atom. The minimum atomic E-state index is 0.132. The van der Waals surface area contributed by atoms with E-state index in [-0.39, 0.29) is 5.84 Å². The largest absolute Gasteiger partial charge is 0.384 e. The minimum Gasteiger partial charge on any atom is -0.384 e. The first-order valence-electron chi connectivity index (χ1n) is 7.52. The van der Waals surface area contributed by atoms with E-state index in [0.29, 0.717) is 0 Å². The van der Waals surface area contributed by atoms with Gasteiger partial charge < -0.3 is 15.4 Å². The number of amidine groups is 1. The normalized spacial score (nSPS) is 14.2. The molecule has 0 aromatic heterocycles. The Labute approximate surface area is 131 Å². The van der Waals surface area contributed by atoms with Gasteiger partial charge in [0.2, 0.25) is 0 Å². The summed E-state index contributed by atoms with van der Waals surface area (Å²) < 4.78 is 5.70. The monoisotopic (exact) mass is 307 g/mol. The molecule has 3 N–H and O–H groups in total. The van der Waals surface area contributed by atoms with E-state index in [2.05, 4.69) is 11.8 Å². The average Bonchev–Trinajstić information content (AvgIpc) is 3.27. The van der Waals surface area contributed by atoms with E-state index < -0.39 is 0 Å². The summed E-state index contributed by atoms with van der Waals surface area (Å²) >= 11 is 1.72. The molecule has 2 rings (SSSR count). The van der Waals surface area contributed by atoms with Crippen molar-refractivity contribution in [2.24, 2.45) is 11.7 Å². The first kappa shape index (κ1) is 16.2. The number of benzene rings is 1. The molecule has 1 aliphatic carbocycles. The summed E-state index contributed by atoms with van der Waals surface area (Å²) in [4.78, 5) is 3.21. The highest BCUT2D eigenvalue weighted by Gasteiger charge is 2.21. The van der Waals surface area contributed by atoms with Crippen LogP contribution in [0, 0.1) is 11.3 Å². The Kier molecular flexibility index (Phi) is 5.94. The van der Waals surface area contributed by atoms with Crippen LogP contribution in [-0.4, -0.2) is 38.4 Å². The molecule has 1 fully saturated rings. The van der Waals surface area contributed by atoms with E-state index in [1.165, 1.54) is 12.8 Å². The highest BCUT2D eigenvalue weighted by Crippen LogP contribution is 2.30. The van der Waals surface area contributed by atoms with Gasteiger partial charge in [0.05, 0.1) is 12.2 Å². The smallest absolute Gasteiger partial charge is 0.126 e. The first-order chi connectivity index (χ1) is 10.1. The van der Waals surface area contributed by atoms with Crippen LogP contribution < -0.4 is 10.6 Å². The van der Waals surface area contributed by atoms with E-state index >= 15 is 0 Å². The fourth-order valence-electron chi connectivity index (χ4n) is 2.24. The number of nitrogens with one attached hydrogen (secondary N) is 1. The Balaban J connectivity index is 2.01. The molecule has 1 saturated carbocycles. The van der Waals surface area contributed by atoms with Crippen LogP contribution in [0.15, 0.2) is 23.1 Å². The zero-order chi connectivity index (χ0) is 15.2. The molecular weight excluding hydrogens is 282 g/mol. The minimum absolute atomic E-state index is 0.132. The number of rotatable bonds is 9. The molecule has 0 saturated heterocycles. The maximum atomic E-state index is 7.87. The highest BCUT2D eigenvalue weighted by atomic mass is 32.2. The van der Waals surface area contributed by atoms with Crippen LogP contribution in [-0.2, 0) is 4.74 Å². The Bertz CT molecular complexity index is 488. The van der Waals surface area contributed by atoms with Gasteiger partial charge in [0.25, 0.3) is 0 Å². The molecule has 0 unspecified atom stereocenters. The molecule has 0 amide bonds. The number of ether oxygens (including phenoxy) is 1. The van der Waals surface area contributed by atoms with Crippen molar-refractivity contribution in [2.75, 3.05) is 37.5 Å². The van der Waals surface area contributed by atoms with Gasteiger partial charge in [-0.1, -0.05) is 13.0 Å². The molecule has 0 heterocycles. The van der Waals surface area contributed by atoms with Gasteiger partial charge in [0, 0.05) is 30.8 Å². The van der Waals surface area contributed by atoms with Gasteiger partial charge in [0.15, 0.2) is 0 Å². The second kappa shape index (κ2) is 7.71. The zero-order valence-corrected chi connectivity index (χ0v) is 13.7. The molecule has 0 spiro atoms. The van der Waals surface area contributed by atoms with E-state index in [1.54, 1.807) is 11.8 Å². The predicted molar refractivity (Wildman–Crippen MR) is 90.7 cm³/mol. The van der Waals surface area contributed by atoms with E-state index in [9.17, 15) is 0 Å². The van der Waals surface area contributed by atoms with E-state index in [4.69, 9.17) is 15.9 Å². The Morgan fingerprint density at radius 3 is 2.86 bits per heavy atom. The summed E-state index contributed by atoms with van der Waals surface area (Å²) in [5.41, 5.74) is 7.65. The number of hydrogen-bond acceptors (Lipinski definition) is 4. The van der Waals surface area contributed by atoms with Crippen molar-refractivity contribution < 1.29 is 4.74 Å².